The van der Waals surface area contributed by atoms with Crippen molar-refractivity contribution in [1.82, 2.24) is 15.2 Å². The summed E-state index contributed by atoms with van der Waals surface area (Å²) < 4.78 is 52.8. The quantitative estimate of drug-likeness (QED) is 0.358. The molecule has 1 aliphatic heterocycles. The zero-order chi connectivity index (χ0) is 21.1. The van der Waals surface area contributed by atoms with E-state index in [9.17, 15) is 13.2 Å². The van der Waals surface area contributed by atoms with E-state index < -0.39 is 12.8 Å². The molecular weight excluding hydrogens is 389 g/mol. The number of pyridine rings is 1. The molecule has 7 nitrogen and oxygen atoms in total. The summed E-state index contributed by atoms with van der Waals surface area (Å²) in [7, 11) is 1.64. The number of aromatic nitrogens is 1. The lowest BCUT2D eigenvalue weighted by molar-refractivity contribution is -0.154. The van der Waals surface area contributed by atoms with E-state index in [1.54, 1.807) is 19.2 Å². The van der Waals surface area contributed by atoms with Gasteiger partial charge in [-0.15, -0.1) is 0 Å². The van der Waals surface area contributed by atoms with Crippen LogP contribution in [0, 0.1) is 5.92 Å². The number of aliphatic imine (C=N–C) groups is 1. The summed E-state index contributed by atoms with van der Waals surface area (Å²) in [5.74, 6) is 1.08. The molecule has 1 aromatic rings. The molecule has 0 saturated carbocycles. The monoisotopic (exact) mass is 418 g/mol. The lowest BCUT2D eigenvalue weighted by Gasteiger charge is -2.22. The number of rotatable bonds is 10. The van der Waals surface area contributed by atoms with E-state index in [2.05, 4.69) is 20.2 Å². The zero-order valence-corrected chi connectivity index (χ0v) is 16.9. The molecule has 0 bridgehead atoms. The van der Waals surface area contributed by atoms with E-state index in [0.717, 1.165) is 25.5 Å². The van der Waals surface area contributed by atoms with Crippen molar-refractivity contribution in [2.75, 3.05) is 53.2 Å². The molecule has 1 fully saturated rings. The van der Waals surface area contributed by atoms with Gasteiger partial charge in [-0.2, -0.15) is 13.2 Å². The van der Waals surface area contributed by atoms with E-state index in [1.807, 2.05) is 6.92 Å². The van der Waals surface area contributed by atoms with Crippen molar-refractivity contribution in [3.63, 3.8) is 0 Å². The highest BCUT2D eigenvalue weighted by molar-refractivity contribution is 5.80. The van der Waals surface area contributed by atoms with Gasteiger partial charge < -0.3 is 24.4 Å². The summed E-state index contributed by atoms with van der Waals surface area (Å²) >= 11 is 0. The molecule has 0 amide bonds. The van der Waals surface area contributed by atoms with Gasteiger partial charge in [-0.25, -0.2) is 9.98 Å². The summed E-state index contributed by atoms with van der Waals surface area (Å²) in [5.41, 5.74) is 0.505. The van der Waals surface area contributed by atoms with Crippen LogP contribution < -0.4 is 10.1 Å². The predicted molar refractivity (Wildman–Crippen MR) is 103 cm³/mol. The summed E-state index contributed by atoms with van der Waals surface area (Å²) in [5, 5.41) is 3.24. The summed E-state index contributed by atoms with van der Waals surface area (Å²) in [6, 6.07) is 3.32. The van der Waals surface area contributed by atoms with E-state index in [4.69, 9.17) is 14.2 Å². The van der Waals surface area contributed by atoms with Gasteiger partial charge in [0.05, 0.1) is 26.4 Å². The van der Waals surface area contributed by atoms with Crippen LogP contribution in [0.25, 0.3) is 0 Å². The molecule has 2 heterocycles. The van der Waals surface area contributed by atoms with Crippen LogP contribution in [-0.4, -0.2) is 75.2 Å². The van der Waals surface area contributed by atoms with Crippen LogP contribution in [0.1, 0.15) is 18.9 Å². The second-order valence-corrected chi connectivity index (χ2v) is 6.71. The van der Waals surface area contributed by atoms with Gasteiger partial charge in [-0.3, -0.25) is 0 Å². The van der Waals surface area contributed by atoms with E-state index in [0.29, 0.717) is 37.8 Å². The Kier molecular flexibility index (Phi) is 9.46. The maximum Gasteiger partial charge on any atom is 0.422 e. The fraction of sp³-hybridized carbons (Fsp3) is 0.684. The lowest BCUT2D eigenvalue weighted by atomic mass is 10.1. The Bertz CT molecular complexity index is 643. The van der Waals surface area contributed by atoms with Crippen molar-refractivity contribution in [2.24, 2.45) is 10.9 Å². The number of hydrogen-bond acceptors (Lipinski definition) is 5. The van der Waals surface area contributed by atoms with Crippen molar-refractivity contribution >= 4 is 5.96 Å². The van der Waals surface area contributed by atoms with Crippen LogP contribution in [0.2, 0.25) is 0 Å². The minimum absolute atomic E-state index is 0.0461. The van der Waals surface area contributed by atoms with Gasteiger partial charge in [0, 0.05) is 44.4 Å². The standard InChI is InChI=1S/C19H29F3N4O3/c1-3-23-18(26-8-6-15(12-26)13-28-10-9-27-2)25-11-16-5-4-7-24-17(16)29-14-19(20,21)22/h4-5,7,15H,3,6,8-14H2,1-2H3,(H,23,25). The number of guanidine groups is 1. The Morgan fingerprint density at radius 1 is 1.38 bits per heavy atom. The first-order valence-corrected chi connectivity index (χ1v) is 9.66. The fourth-order valence-corrected chi connectivity index (χ4v) is 2.96. The fourth-order valence-electron chi connectivity index (χ4n) is 2.96. The molecule has 1 unspecified atom stereocenters. The van der Waals surface area contributed by atoms with Crippen LogP contribution in [0.5, 0.6) is 5.88 Å². The van der Waals surface area contributed by atoms with Crippen molar-refractivity contribution in [1.29, 1.82) is 0 Å². The minimum Gasteiger partial charge on any atom is -0.468 e. The van der Waals surface area contributed by atoms with Gasteiger partial charge in [-0.05, 0) is 19.4 Å². The van der Waals surface area contributed by atoms with Crippen LogP contribution in [0.15, 0.2) is 23.3 Å². The summed E-state index contributed by atoms with van der Waals surface area (Å²) in [4.78, 5) is 10.6. The maximum absolute atomic E-state index is 12.4. The van der Waals surface area contributed by atoms with Crippen LogP contribution in [0.3, 0.4) is 0 Å². The van der Waals surface area contributed by atoms with Gasteiger partial charge in [0.15, 0.2) is 12.6 Å². The molecule has 1 saturated heterocycles. The Labute approximate surface area is 169 Å². The third-order valence-corrected chi connectivity index (χ3v) is 4.33. The van der Waals surface area contributed by atoms with Crippen molar-refractivity contribution in [3.8, 4) is 5.88 Å². The number of ether oxygens (including phenoxy) is 3. The molecule has 0 radical (unpaired) electrons. The Balaban J connectivity index is 1.96. The normalized spacial score (nSPS) is 17.6. The van der Waals surface area contributed by atoms with Crippen LogP contribution >= 0.6 is 0 Å². The largest absolute Gasteiger partial charge is 0.468 e. The van der Waals surface area contributed by atoms with Gasteiger partial charge in [0.25, 0.3) is 0 Å². The van der Waals surface area contributed by atoms with Gasteiger partial charge in [-0.1, -0.05) is 6.07 Å². The first-order chi connectivity index (χ1) is 13.9. The molecule has 0 aliphatic carbocycles. The predicted octanol–water partition coefficient (Wildman–Crippen LogP) is 2.47. The Morgan fingerprint density at radius 2 is 2.21 bits per heavy atom. The van der Waals surface area contributed by atoms with Gasteiger partial charge >= 0.3 is 6.18 Å². The number of likely N-dealkylation sites (tertiary alicyclic amines) is 1. The highest BCUT2D eigenvalue weighted by atomic mass is 19.4. The first-order valence-electron chi connectivity index (χ1n) is 9.66. The highest BCUT2D eigenvalue weighted by Gasteiger charge is 2.29. The molecule has 1 atom stereocenters. The molecule has 1 aromatic heterocycles. The van der Waals surface area contributed by atoms with Gasteiger partial charge in [0.2, 0.25) is 5.88 Å². The second-order valence-electron chi connectivity index (χ2n) is 6.71. The van der Waals surface area contributed by atoms with Gasteiger partial charge in [0.1, 0.15) is 0 Å². The first kappa shape index (κ1) is 23.2. The highest BCUT2D eigenvalue weighted by Crippen LogP contribution is 2.21. The summed E-state index contributed by atoms with van der Waals surface area (Å²) in [6.45, 7) is 4.92. The minimum atomic E-state index is -4.41. The Morgan fingerprint density at radius 3 is 2.93 bits per heavy atom. The van der Waals surface area contributed by atoms with E-state index >= 15 is 0 Å². The smallest absolute Gasteiger partial charge is 0.422 e. The average molecular weight is 418 g/mol. The number of nitrogens with zero attached hydrogens (tertiary/aromatic N) is 3. The second kappa shape index (κ2) is 11.8. The third-order valence-electron chi connectivity index (χ3n) is 4.33. The van der Waals surface area contributed by atoms with Crippen LogP contribution in [-0.2, 0) is 16.0 Å². The SMILES string of the molecule is CCNC(=NCc1cccnc1OCC(F)(F)F)N1CCC(COCCOC)C1. The molecule has 164 valence electrons. The molecule has 1 aliphatic rings. The van der Waals surface area contributed by atoms with E-state index in [1.165, 1.54) is 6.20 Å². The molecule has 0 aromatic carbocycles. The van der Waals surface area contributed by atoms with Crippen molar-refractivity contribution < 1.29 is 27.4 Å². The third kappa shape index (κ3) is 8.45. The lowest BCUT2D eigenvalue weighted by Crippen LogP contribution is -2.40. The number of nitrogens with one attached hydrogen (secondary N) is 1. The molecule has 0 spiro atoms. The Hall–Kier alpha value is -2.07. The molecule has 1 N–H and O–H groups in total. The van der Waals surface area contributed by atoms with Crippen LogP contribution in [0.4, 0.5) is 13.2 Å². The molecule has 2 rings (SSSR count). The average Bonchev–Trinajstić information content (AvgIpc) is 3.16. The summed E-state index contributed by atoms with van der Waals surface area (Å²) in [6.07, 6.45) is -2.02. The molecular formula is C19H29F3N4O3. The number of halogens is 3. The number of hydrogen-bond donors (Lipinski definition) is 1. The number of alkyl halides is 3. The van der Waals surface area contributed by atoms with E-state index in [-0.39, 0.29) is 12.4 Å². The zero-order valence-electron chi connectivity index (χ0n) is 16.9. The topological polar surface area (TPSA) is 68.2 Å². The number of methoxy groups -OCH3 is 1. The molecule has 29 heavy (non-hydrogen) atoms. The van der Waals surface area contributed by atoms with Crippen molar-refractivity contribution in [2.45, 2.75) is 26.1 Å². The van der Waals surface area contributed by atoms with Crippen molar-refractivity contribution in [3.05, 3.63) is 23.9 Å². The molecule has 10 heteroatoms. The maximum atomic E-state index is 12.4.